The van der Waals surface area contributed by atoms with E-state index < -0.39 is 17.7 Å². The van der Waals surface area contributed by atoms with Gasteiger partial charge in [-0.1, -0.05) is 18.2 Å². The minimum absolute atomic E-state index is 0.448. The highest BCUT2D eigenvalue weighted by molar-refractivity contribution is 7.19. The van der Waals surface area contributed by atoms with Gasteiger partial charge in [0.05, 0.1) is 6.04 Å². The molecule has 4 heteroatoms. The van der Waals surface area contributed by atoms with E-state index in [0.717, 1.165) is 21.0 Å². The fourth-order valence-electron chi connectivity index (χ4n) is 2.07. The molecule has 1 aromatic heterocycles. The summed E-state index contributed by atoms with van der Waals surface area (Å²) in [7, 11) is 0. The molecular formula is C15H11F2NS. The Bertz CT molecular complexity index is 683. The Morgan fingerprint density at radius 3 is 2.32 bits per heavy atom. The summed E-state index contributed by atoms with van der Waals surface area (Å²) in [5.74, 6) is -1.21. The lowest BCUT2D eigenvalue weighted by molar-refractivity contribution is 0.577. The SMILES string of the molecule is NC(c1cc(F)cc(F)c1)c1cc2ccccc2s1. The standard InChI is InChI=1S/C15H11F2NS/c16-11-5-10(6-12(17)8-11)15(18)14-7-9-3-1-2-4-13(9)19-14/h1-8,15H,18H2. The van der Waals surface area contributed by atoms with Gasteiger partial charge in [-0.05, 0) is 35.2 Å². The molecule has 0 spiro atoms. The van der Waals surface area contributed by atoms with Crippen LogP contribution < -0.4 is 5.73 Å². The number of thiophene rings is 1. The molecule has 0 fully saturated rings. The summed E-state index contributed by atoms with van der Waals surface area (Å²) >= 11 is 1.54. The van der Waals surface area contributed by atoms with Crippen LogP contribution in [-0.2, 0) is 0 Å². The van der Waals surface area contributed by atoms with Gasteiger partial charge in [0.2, 0.25) is 0 Å². The van der Waals surface area contributed by atoms with Crippen LogP contribution in [0.25, 0.3) is 10.1 Å². The van der Waals surface area contributed by atoms with Crippen molar-refractivity contribution in [1.82, 2.24) is 0 Å². The number of halogens is 2. The molecule has 96 valence electrons. The van der Waals surface area contributed by atoms with Crippen molar-refractivity contribution >= 4 is 21.4 Å². The van der Waals surface area contributed by atoms with Crippen molar-refractivity contribution in [2.24, 2.45) is 5.73 Å². The third kappa shape index (κ3) is 2.37. The third-order valence-corrected chi connectivity index (χ3v) is 4.19. The Labute approximate surface area is 113 Å². The van der Waals surface area contributed by atoms with Gasteiger partial charge < -0.3 is 5.73 Å². The van der Waals surface area contributed by atoms with E-state index in [1.807, 2.05) is 30.3 Å². The number of hydrogen-bond donors (Lipinski definition) is 1. The van der Waals surface area contributed by atoms with E-state index in [1.165, 1.54) is 12.1 Å². The van der Waals surface area contributed by atoms with E-state index in [2.05, 4.69) is 0 Å². The van der Waals surface area contributed by atoms with Crippen molar-refractivity contribution in [3.8, 4) is 0 Å². The molecule has 1 atom stereocenters. The van der Waals surface area contributed by atoms with E-state index in [1.54, 1.807) is 11.3 Å². The van der Waals surface area contributed by atoms with Gasteiger partial charge in [-0.3, -0.25) is 0 Å². The number of rotatable bonds is 2. The molecule has 0 amide bonds. The molecule has 0 aliphatic rings. The van der Waals surface area contributed by atoms with Crippen molar-refractivity contribution in [1.29, 1.82) is 0 Å². The first-order valence-electron chi connectivity index (χ1n) is 5.83. The molecule has 2 N–H and O–H groups in total. The van der Waals surface area contributed by atoms with Crippen LogP contribution in [0.15, 0.2) is 48.5 Å². The first-order chi connectivity index (χ1) is 9.13. The maximum atomic E-state index is 13.2. The smallest absolute Gasteiger partial charge is 0.126 e. The highest BCUT2D eigenvalue weighted by Gasteiger charge is 2.14. The van der Waals surface area contributed by atoms with Crippen molar-refractivity contribution in [3.63, 3.8) is 0 Å². The van der Waals surface area contributed by atoms with Gasteiger partial charge in [-0.25, -0.2) is 8.78 Å². The van der Waals surface area contributed by atoms with Gasteiger partial charge >= 0.3 is 0 Å². The van der Waals surface area contributed by atoms with Crippen LogP contribution in [0.2, 0.25) is 0 Å². The van der Waals surface area contributed by atoms with E-state index in [9.17, 15) is 8.78 Å². The van der Waals surface area contributed by atoms with E-state index in [4.69, 9.17) is 5.73 Å². The molecule has 19 heavy (non-hydrogen) atoms. The molecule has 3 aromatic rings. The lowest BCUT2D eigenvalue weighted by atomic mass is 10.1. The fraction of sp³-hybridized carbons (Fsp3) is 0.0667. The number of benzene rings is 2. The van der Waals surface area contributed by atoms with Gasteiger partial charge in [0, 0.05) is 15.6 Å². The Morgan fingerprint density at radius 1 is 0.947 bits per heavy atom. The van der Waals surface area contributed by atoms with Gasteiger partial charge in [0.25, 0.3) is 0 Å². The molecule has 0 aliphatic carbocycles. The summed E-state index contributed by atoms with van der Waals surface area (Å²) in [6.07, 6.45) is 0. The second kappa shape index (κ2) is 4.72. The summed E-state index contributed by atoms with van der Waals surface area (Å²) in [4.78, 5) is 0.895. The molecule has 0 saturated heterocycles. The molecular weight excluding hydrogens is 264 g/mol. The Kier molecular flexibility index (Phi) is 3.05. The number of hydrogen-bond acceptors (Lipinski definition) is 2. The molecule has 1 nitrogen and oxygen atoms in total. The average Bonchev–Trinajstić information content (AvgIpc) is 2.80. The third-order valence-electron chi connectivity index (χ3n) is 3.00. The molecule has 1 unspecified atom stereocenters. The molecule has 1 heterocycles. The lowest BCUT2D eigenvalue weighted by Gasteiger charge is -2.10. The van der Waals surface area contributed by atoms with Crippen LogP contribution in [-0.4, -0.2) is 0 Å². The quantitative estimate of drug-likeness (QED) is 0.744. The molecule has 0 saturated carbocycles. The first-order valence-corrected chi connectivity index (χ1v) is 6.65. The molecule has 2 aromatic carbocycles. The molecule has 0 bridgehead atoms. The Morgan fingerprint density at radius 2 is 1.63 bits per heavy atom. The average molecular weight is 275 g/mol. The van der Waals surface area contributed by atoms with Crippen LogP contribution in [0.4, 0.5) is 8.78 Å². The molecule has 0 aliphatic heterocycles. The largest absolute Gasteiger partial charge is 0.320 e. The van der Waals surface area contributed by atoms with Crippen LogP contribution in [0.1, 0.15) is 16.5 Å². The molecule has 0 radical (unpaired) electrons. The van der Waals surface area contributed by atoms with Crippen molar-refractivity contribution in [3.05, 3.63) is 70.6 Å². The van der Waals surface area contributed by atoms with Gasteiger partial charge in [0.1, 0.15) is 11.6 Å². The van der Waals surface area contributed by atoms with E-state index in [-0.39, 0.29) is 0 Å². The van der Waals surface area contributed by atoms with E-state index >= 15 is 0 Å². The fourth-order valence-corrected chi connectivity index (χ4v) is 3.17. The number of fused-ring (bicyclic) bond motifs is 1. The van der Waals surface area contributed by atoms with Crippen LogP contribution in [0, 0.1) is 11.6 Å². The first kappa shape index (κ1) is 12.3. The summed E-state index contributed by atoms with van der Waals surface area (Å²) in [5, 5.41) is 1.09. The topological polar surface area (TPSA) is 26.0 Å². The lowest BCUT2D eigenvalue weighted by Crippen LogP contribution is -2.10. The summed E-state index contributed by atoms with van der Waals surface area (Å²) in [5.41, 5.74) is 6.54. The highest BCUT2D eigenvalue weighted by Crippen LogP contribution is 2.32. The summed E-state index contributed by atoms with van der Waals surface area (Å²) in [6, 6.07) is 12.8. The van der Waals surface area contributed by atoms with Crippen LogP contribution >= 0.6 is 11.3 Å². The number of nitrogens with two attached hydrogens (primary N) is 1. The Hall–Kier alpha value is -1.78. The maximum Gasteiger partial charge on any atom is 0.126 e. The van der Waals surface area contributed by atoms with Gasteiger partial charge in [-0.15, -0.1) is 11.3 Å². The van der Waals surface area contributed by atoms with Crippen molar-refractivity contribution < 1.29 is 8.78 Å². The molecule has 3 rings (SSSR count). The monoisotopic (exact) mass is 275 g/mol. The zero-order chi connectivity index (χ0) is 13.4. The predicted octanol–water partition coefficient (Wildman–Crippen LogP) is 4.23. The van der Waals surface area contributed by atoms with Gasteiger partial charge in [-0.2, -0.15) is 0 Å². The normalized spacial score (nSPS) is 12.8. The minimum Gasteiger partial charge on any atom is -0.320 e. The van der Waals surface area contributed by atoms with Crippen molar-refractivity contribution in [2.75, 3.05) is 0 Å². The zero-order valence-electron chi connectivity index (χ0n) is 9.94. The minimum atomic E-state index is -0.605. The van der Waals surface area contributed by atoms with Gasteiger partial charge in [0.15, 0.2) is 0 Å². The predicted molar refractivity (Wildman–Crippen MR) is 74.2 cm³/mol. The van der Waals surface area contributed by atoms with Crippen LogP contribution in [0.5, 0.6) is 0 Å². The Balaban J connectivity index is 2.05. The van der Waals surface area contributed by atoms with Crippen molar-refractivity contribution in [2.45, 2.75) is 6.04 Å². The second-order valence-corrected chi connectivity index (χ2v) is 5.48. The maximum absolute atomic E-state index is 13.2. The summed E-state index contributed by atoms with van der Waals surface area (Å²) < 4.78 is 27.5. The van der Waals surface area contributed by atoms with E-state index in [0.29, 0.717) is 5.56 Å². The summed E-state index contributed by atoms with van der Waals surface area (Å²) in [6.45, 7) is 0. The zero-order valence-corrected chi connectivity index (χ0v) is 10.8. The van der Waals surface area contributed by atoms with Crippen LogP contribution in [0.3, 0.4) is 0 Å². The highest BCUT2D eigenvalue weighted by atomic mass is 32.1. The second-order valence-electron chi connectivity index (χ2n) is 4.37.